The normalized spacial score (nSPS) is 19.0. The minimum Gasteiger partial charge on any atom is -0.119 e. The molecule has 0 saturated heterocycles. The molecule has 0 spiro atoms. The molecule has 0 nitrogen and oxygen atoms in total. The first-order valence-electron chi connectivity index (χ1n) is 20.3. The lowest BCUT2D eigenvalue weighted by molar-refractivity contribution is 0.0822. The number of rotatable bonds is 4. The van der Waals surface area contributed by atoms with E-state index in [0.29, 0.717) is 22.7 Å². The van der Waals surface area contributed by atoms with Crippen molar-refractivity contribution in [2.75, 3.05) is 0 Å². The summed E-state index contributed by atoms with van der Waals surface area (Å²) in [5.74, 6) is 1.29. The number of thioether (sulfide) groups is 2. The van der Waals surface area contributed by atoms with Crippen LogP contribution in [-0.4, -0.2) is 9.49 Å². The number of fused-ring (bicyclic) bond motifs is 2. The molecule has 0 amide bonds. The molecule has 2 unspecified atom stereocenters. The maximum absolute atomic E-state index is 2.46. The lowest BCUT2D eigenvalue weighted by atomic mass is 9.57. The minimum absolute atomic E-state index is 0.147. The van der Waals surface area contributed by atoms with E-state index in [0.717, 1.165) is 6.42 Å². The Kier molecular flexibility index (Phi) is 21.4. The average molecular weight is 727 g/mol. The second-order valence-corrected chi connectivity index (χ2v) is 20.6. The van der Waals surface area contributed by atoms with Gasteiger partial charge in [0, 0.05) is 19.3 Å². The first-order chi connectivity index (χ1) is 23.0. The molecule has 0 radical (unpaired) electrons. The van der Waals surface area contributed by atoms with Crippen LogP contribution in [-0.2, 0) is 0 Å². The largest absolute Gasteiger partial charge is 0.119 e. The molecule has 290 valence electrons. The Morgan fingerprint density at radius 1 is 0.580 bits per heavy atom. The van der Waals surface area contributed by atoms with Gasteiger partial charge < -0.3 is 0 Å². The zero-order valence-electron chi connectivity index (χ0n) is 38.0. The van der Waals surface area contributed by atoms with Crippen LogP contribution in [0.5, 0.6) is 0 Å². The van der Waals surface area contributed by atoms with E-state index in [2.05, 4.69) is 171 Å². The molecule has 2 aliphatic heterocycles. The molecule has 4 rings (SSSR count). The molecule has 0 fully saturated rings. The van der Waals surface area contributed by atoms with Gasteiger partial charge in [-0.15, -0.1) is 23.5 Å². The molecule has 2 heterocycles. The first-order valence-corrected chi connectivity index (χ1v) is 22.0. The maximum atomic E-state index is 2.46. The molecule has 0 bridgehead atoms. The third-order valence-electron chi connectivity index (χ3n) is 10.1. The summed E-state index contributed by atoms with van der Waals surface area (Å²) < 4.78 is 0.415. The molecular weight excluding hydrogens is 641 g/mol. The second kappa shape index (κ2) is 20.9. The van der Waals surface area contributed by atoms with Gasteiger partial charge in [0.1, 0.15) is 0 Å². The number of hydrogen-bond donors (Lipinski definition) is 0. The van der Waals surface area contributed by atoms with Crippen molar-refractivity contribution in [2.24, 2.45) is 27.6 Å². The molecule has 2 aromatic rings. The van der Waals surface area contributed by atoms with Gasteiger partial charge in [-0.2, -0.15) is 0 Å². The van der Waals surface area contributed by atoms with Crippen LogP contribution in [0.1, 0.15) is 196 Å². The molecule has 0 saturated carbocycles. The van der Waals surface area contributed by atoms with Crippen molar-refractivity contribution in [1.82, 2.24) is 0 Å². The highest BCUT2D eigenvalue weighted by Crippen LogP contribution is 2.63. The quantitative estimate of drug-likeness (QED) is 0.308. The monoisotopic (exact) mass is 727 g/mol. The lowest BCUT2D eigenvalue weighted by Crippen LogP contribution is -2.48. The van der Waals surface area contributed by atoms with Crippen molar-refractivity contribution >= 4 is 29.1 Å². The van der Waals surface area contributed by atoms with Crippen LogP contribution in [0.2, 0.25) is 0 Å². The zero-order valence-corrected chi connectivity index (χ0v) is 39.6. The molecule has 0 aromatic heterocycles. The van der Waals surface area contributed by atoms with Crippen LogP contribution >= 0.6 is 23.5 Å². The Balaban J connectivity index is 0. The highest BCUT2D eigenvalue weighted by Gasteiger charge is 2.52. The van der Waals surface area contributed by atoms with E-state index < -0.39 is 0 Å². The van der Waals surface area contributed by atoms with Crippen molar-refractivity contribution in [3.63, 3.8) is 0 Å². The predicted octanol–water partition coefficient (Wildman–Crippen LogP) is 17.7. The SMILES string of the molecule is CC.CC.CC.CC.CCC(C)(C)C1=C(C(C)(C)C)C(C)(C)Sc2ccccc21.CCC(C)(C)C1c2ccccc2SC(C)(C)C1C(C)(C)C. The number of benzene rings is 2. The smallest absolute Gasteiger partial charge is 0.0370 e. The third kappa shape index (κ3) is 12.5. The summed E-state index contributed by atoms with van der Waals surface area (Å²) in [4.78, 5) is 2.93. The Morgan fingerprint density at radius 2 is 1.02 bits per heavy atom. The molecule has 0 aliphatic carbocycles. The van der Waals surface area contributed by atoms with Gasteiger partial charge in [0.05, 0.1) is 0 Å². The van der Waals surface area contributed by atoms with Crippen molar-refractivity contribution in [3.8, 4) is 0 Å². The summed E-state index contributed by atoms with van der Waals surface area (Å²) >= 11 is 4.10. The molecule has 2 aliphatic rings. The standard InChI is InChI=1S/C20H32S.C20H30S.4C2H6/c2*1-9-19(5,6)16-14-12-10-11-13-15(14)21-20(7,8)17(16)18(2,3)4;4*1-2/h10-13,16-17H,9H2,1-8H3;10-13H,9H2,1-8H3;4*1-2H3. The van der Waals surface area contributed by atoms with Crippen molar-refractivity contribution in [2.45, 2.75) is 204 Å². The van der Waals surface area contributed by atoms with Crippen molar-refractivity contribution < 1.29 is 0 Å². The summed E-state index contributed by atoms with van der Waals surface area (Å²) in [7, 11) is 0. The Hall–Kier alpha value is -1.12. The highest BCUT2D eigenvalue weighted by molar-refractivity contribution is 8.01. The third-order valence-corrected chi connectivity index (χ3v) is 12.7. The highest BCUT2D eigenvalue weighted by atomic mass is 32.2. The summed E-state index contributed by atoms with van der Waals surface area (Å²) in [6.07, 6.45) is 2.39. The second-order valence-electron chi connectivity index (χ2n) is 17.3. The Morgan fingerprint density at radius 3 is 1.44 bits per heavy atom. The van der Waals surface area contributed by atoms with E-state index in [9.17, 15) is 0 Å². The van der Waals surface area contributed by atoms with Crippen LogP contribution in [0, 0.1) is 27.6 Å². The minimum atomic E-state index is 0.147. The van der Waals surface area contributed by atoms with Crippen LogP contribution in [0.15, 0.2) is 63.9 Å². The molecule has 2 heteroatoms. The van der Waals surface area contributed by atoms with Gasteiger partial charge >= 0.3 is 0 Å². The lowest BCUT2D eigenvalue weighted by Gasteiger charge is -2.55. The molecule has 2 atom stereocenters. The van der Waals surface area contributed by atoms with Gasteiger partial charge in [-0.05, 0) is 88.2 Å². The summed E-state index contributed by atoms with van der Waals surface area (Å²) in [5.41, 5.74) is 7.26. The van der Waals surface area contributed by atoms with Gasteiger partial charge in [0.25, 0.3) is 0 Å². The van der Waals surface area contributed by atoms with E-state index in [1.54, 1.807) is 16.7 Å². The zero-order chi connectivity index (χ0) is 40.1. The average Bonchev–Trinajstić information content (AvgIpc) is 3.05. The van der Waals surface area contributed by atoms with Gasteiger partial charge in [-0.1, -0.05) is 195 Å². The van der Waals surface area contributed by atoms with Gasteiger partial charge in [-0.25, -0.2) is 0 Å². The fraction of sp³-hybridized carbons (Fsp3) is 0.708. The predicted molar refractivity (Wildman–Crippen MR) is 238 cm³/mol. The van der Waals surface area contributed by atoms with E-state index in [-0.39, 0.29) is 20.3 Å². The fourth-order valence-corrected chi connectivity index (χ4v) is 11.2. The topological polar surface area (TPSA) is 0 Å². The summed E-state index contributed by atoms with van der Waals surface area (Å²) in [6.45, 7) is 54.4. The van der Waals surface area contributed by atoms with E-state index in [1.807, 2.05) is 67.2 Å². The Labute approximate surface area is 324 Å². The van der Waals surface area contributed by atoms with E-state index in [1.165, 1.54) is 21.8 Å². The molecule has 50 heavy (non-hydrogen) atoms. The molecular formula is C48H86S2. The van der Waals surface area contributed by atoms with Crippen molar-refractivity contribution in [1.29, 1.82) is 0 Å². The van der Waals surface area contributed by atoms with Crippen LogP contribution in [0.3, 0.4) is 0 Å². The Bertz CT molecular complexity index is 1270. The van der Waals surface area contributed by atoms with Gasteiger partial charge in [0.15, 0.2) is 0 Å². The van der Waals surface area contributed by atoms with Crippen LogP contribution < -0.4 is 0 Å². The fourth-order valence-electron chi connectivity index (χ4n) is 8.07. The first kappa shape index (κ1) is 51.0. The van der Waals surface area contributed by atoms with Gasteiger partial charge in [0.2, 0.25) is 0 Å². The molecule has 0 N–H and O–H groups in total. The van der Waals surface area contributed by atoms with Gasteiger partial charge in [-0.3, -0.25) is 0 Å². The van der Waals surface area contributed by atoms with E-state index in [4.69, 9.17) is 0 Å². The summed E-state index contributed by atoms with van der Waals surface area (Å²) in [6, 6.07) is 18.1. The molecule has 2 aromatic carbocycles. The van der Waals surface area contributed by atoms with Crippen molar-refractivity contribution in [3.05, 3.63) is 65.2 Å². The van der Waals surface area contributed by atoms with Crippen LogP contribution in [0.4, 0.5) is 0 Å². The summed E-state index contributed by atoms with van der Waals surface area (Å²) in [5, 5.41) is 0. The van der Waals surface area contributed by atoms with Crippen LogP contribution in [0.25, 0.3) is 5.57 Å². The number of hydrogen-bond acceptors (Lipinski definition) is 2. The van der Waals surface area contributed by atoms with E-state index >= 15 is 0 Å². The number of allylic oxidation sites excluding steroid dienone is 1. The maximum Gasteiger partial charge on any atom is 0.0370 e.